The molecular weight excluding hydrogens is 355 g/mol. The molecule has 0 bridgehead atoms. The predicted octanol–water partition coefficient (Wildman–Crippen LogP) is 2.42. The fraction of sp³-hybridized carbons (Fsp3) is 0.438. The third-order valence-electron chi connectivity index (χ3n) is 4.52. The van der Waals surface area contributed by atoms with Gasteiger partial charge < -0.3 is 14.9 Å². The van der Waals surface area contributed by atoms with E-state index in [0.717, 1.165) is 0 Å². The summed E-state index contributed by atoms with van der Waals surface area (Å²) in [5, 5.41) is 10.0. The lowest BCUT2D eigenvalue weighted by Crippen LogP contribution is -2.45. The van der Waals surface area contributed by atoms with Crippen molar-refractivity contribution in [3.05, 3.63) is 28.2 Å². The van der Waals surface area contributed by atoms with Crippen LogP contribution in [0.15, 0.2) is 18.2 Å². The summed E-state index contributed by atoms with van der Waals surface area (Å²) < 4.78 is 0. The zero-order chi connectivity index (χ0) is 17.4. The summed E-state index contributed by atoms with van der Waals surface area (Å²) in [6, 6.07) is 3.97. The normalized spacial score (nSPS) is 23.8. The number of hydrogen-bond donors (Lipinski definition) is 1. The van der Waals surface area contributed by atoms with Gasteiger partial charge in [0.2, 0.25) is 11.8 Å². The number of hydrogen-bond acceptors (Lipinski definition) is 3. The number of halogens is 2. The first-order valence-corrected chi connectivity index (χ1v) is 8.45. The molecule has 0 saturated carbocycles. The molecule has 128 valence electrons. The first-order valence-electron chi connectivity index (χ1n) is 7.70. The molecule has 1 N–H and O–H groups in total. The van der Waals surface area contributed by atoms with Crippen LogP contribution in [0.2, 0.25) is 10.0 Å². The zero-order valence-corrected chi connectivity index (χ0v) is 14.3. The molecule has 1 aromatic rings. The van der Waals surface area contributed by atoms with Crippen LogP contribution >= 0.6 is 23.2 Å². The van der Waals surface area contributed by atoms with Crippen LogP contribution in [0.25, 0.3) is 0 Å². The van der Waals surface area contributed by atoms with Crippen molar-refractivity contribution >= 4 is 46.7 Å². The van der Waals surface area contributed by atoms with Crippen LogP contribution < -0.4 is 4.90 Å². The van der Waals surface area contributed by atoms with Crippen molar-refractivity contribution < 1.29 is 19.5 Å². The Balaban J connectivity index is 1.80. The van der Waals surface area contributed by atoms with Crippen molar-refractivity contribution in [2.45, 2.75) is 25.3 Å². The first-order chi connectivity index (χ1) is 11.4. The van der Waals surface area contributed by atoms with Gasteiger partial charge in [0.25, 0.3) is 0 Å². The van der Waals surface area contributed by atoms with E-state index >= 15 is 0 Å². The largest absolute Gasteiger partial charge is 0.480 e. The van der Waals surface area contributed by atoms with Crippen molar-refractivity contribution in [2.24, 2.45) is 5.92 Å². The maximum atomic E-state index is 12.7. The maximum absolute atomic E-state index is 12.7. The molecule has 2 aliphatic rings. The molecule has 2 amide bonds. The Bertz CT molecular complexity index is 709. The van der Waals surface area contributed by atoms with Gasteiger partial charge in [0, 0.05) is 18.1 Å². The van der Waals surface area contributed by atoms with E-state index in [0.29, 0.717) is 48.1 Å². The molecule has 3 rings (SSSR count). The summed E-state index contributed by atoms with van der Waals surface area (Å²) >= 11 is 12.1. The van der Waals surface area contributed by atoms with Crippen LogP contribution in [0.4, 0.5) is 5.69 Å². The van der Waals surface area contributed by atoms with Gasteiger partial charge in [-0.2, -0.15) is 0 Å². The Morgan fingerprint density at radius 1 is 1.17 bits per heavy atom. The van der Waals surface area contributed by atoms with E-state index in [2.05, 4.69) is 0 Å². The smallest absolute Gasteiger partial charge is 0.326 e. The van der Waals surface area contributed by atoms with Crippen LogP contribution in [-0.4, -0.2) is 46.9 Å². The Morgan fingerprint density at radius 3 is 2.62 bits per heavy atom. The second-order valence-corrected chi connectivity index (χ2v) is 6.80. The molecule has 2 heterocycles. The quantitative estimate of drug-likeness (QED) is 0.828. The van der Waals surface area contributed by atoms with E-state index in [1.165, 1.54) is 9.80 Å². The Labute approximate surface area is 148 Å². The van der Waals surface area contributed by atoms with E-state index in [9.17, 15) is 19.5 Å². The summed E-state index contributed by atoms with van der Waals surface area (Å²) in [5.41, 5.74) is 0.473. The summed E-state index contributed by atoms with van der Waals surface area (Å²) in [5.74, 6) is -2.66. The van der Waals surface area contributed by atoms with Gasteiger partial charge in [-0.05, 0) is 37.5 Å². The standard InChI is InChI=1S/C16H16Cl2N2O4/c17-9-3-4-11(18)13(8-9)20-7-5-10(15(20)22)14(21)19-6-1-2-12(19)16(23)24/h3-4,8,10,12H,1-2,5-7H2,(H,23,24)/t10?,12-/m0/s1. The van der Waals surface area contributed by atoms with Crippen molar-refractivity contribution in [3.63, 3.8) is 0 Å². The summed E-state index contributed by atoms with van der Waals surface area (Å²) in [4.78, 5) is 39.4. The number of anilines is 1. The second-order valence-electron chi connectivity index (χ2n) is 5.95. The van der Waals surface area contributed by atoms with Crippen LogP contribution in [0.5, 0.6) is 0 Å². The molecule has 0 aliphatic carbocycles. The number of carboxylic acid groups (broad SMARTS) is 1. The molecule has 2 saturated heterocycles. The van der Waals surface area contributed by atoms with Crippen LogP contribution in [-0.2, 0) is 14.4 Å². The first kappa shape index (κ1) is 17.0. The molecule has 0 aromatic heterocycles. The van der Waals surface area contributed by atoms with Gasteiger partial charge in [0.15, 0.2) is 0 Å². The van der Waals surface area contributed by atoms with Gasteiger partial charge in [-0.3, -0.25) is 9.59 Å². The van der Waals surface area contributed by atoms with Gasteiger partial charge in [-0.1, -0.05) is 23.2 Å². The van der Waals surface area contributed by atoms with E-state index in [1.54, 1.807) is 18.2 Å². The number of nitrogens with zero attached hydrogens (tertiary/aromatic N) is 2. The van der Waals surface area contributed by atoms with E-state index < -0.39 is 23.8 Å². The third-order valence-corrected chi connectivity index (χ3v) is 5.08. The number of likely N-dealkylation sites (tertiary alicyclic amines) is 1. The molecule has 1 aromatic carbocycles. The minimum absolute atomic E-state index is 0.337. The number of carbonyl (C=O) groups is 3. The zero-order valence-electron chi connectivity index (χ0n) is 12.7. The molecule has 6 nitrogen and oxygen atoms in total. The van der Waals surface area contributed by atoms with Crippen LogP contribution in [0, 0.1) is 5.92 Å². The van der Waals surface area contributed by atoms with Gasteiger partial charge in [0.05, 0.1) is 10.7 Å². The number of aliphatic carboxylic acids is 1. The Hall–Kier alpha value is -1.79. The number of rotatable bonds is 3. The highest BCUT2D eigenvalue weighted by Crippen LogP contribution is 2.34. The monoisotopic (exact) mass is 370 g/mol. The highest BCUT2D eigenvalue weighted by atomic mass is 35.5. The summed E-state index contributed by atoms with van der Waals surface area (Å²) in [6.45, 7) is 0.721. The van der Waals surface area contributed by atoms with Crippen LogP contribution in [0.1, 0.15) is 19.3 Å². The maximum Gasteiger partial charge on any atom is 0.326 e. The fourth-order valence-corrected chi connectivity index (χ4v) is 3.71. The minimum Gasteiger partial charge on any atom is -0.480 e. The number of amides is 2. The number of carbonyl (C=O) groups excluding carboxylic acids is 2. The summed E-state index contributed by atoms with van der Waals surface area (Å²) in [6.07, 6.45) is 1.39. The predicted molar refractivity (Wildman–Crippen MR) is 89.3 cm³/mol. The fourth-order valence-electron chi connectivity index (χ4n) is 3.33. The van der Waals surface area contributed by atoms with Crippen molar-refractivity contribution in [1.82, 2.24) is 4.90 Å². The van der Waals surface area contributed by atoms with Gasteiger partial charge in [-0.25, -0.2) is 4.79 Å². The van der Waals surface area contributed by atoms with E-state index in [4.69, 9.17) is 23.2 Å². The number of benzene rings is 1. The van der Waals surface area contributed by atoms with Crippen molar-refractivity contribution in [3.8, 4) is 0 Å². The minimum atomic E-state index is -1.03. The van der Waals surface area contributed by atoms with Gasteiger partial charge in [-0.15, -0.1) is 0 Å². The lowest BCUT2D eigenvalue weighted by atomic mass is 10.1. The lowest BCUT2D eigenvalue weighted by molar-refractivity contribution is -0.151. The Morgan fingerprint density at radius 2 is 1.92 bits per heavy atom. The molecule has 0 radical (unpaired) electrons. The summed E-state index contributed by atoms with van der Waals surface area (Å²) in [7, 11) is 0. The molecule has 1 unspecified atom stereocenters. The molecule has 0 spiro atoms. The van der Waals surface area contributed by atoms with Crippen molar-refractivity contribution in [1.29, 1.82) is 0 Å². The van der Waals surface area contributed by atoms with E-state index in [-0.39, 0.29) is 5.91 Å². The van der Waals surface area contributed by atoms with Gasteiger partial charge >= 0.3 is 5.97 Å². The Kier molecular flexibility index (Phi) is 4.69. The topological polar surface area (TPSA) is 77.9 Å². The molecule has 24 heavy (non-hydrogen) atoms. The third kappa shape index (κ3) is 2.96. The molecular formula is C16H16Cl2N2O4. The molecule has 2 atom stereocenters. The average Bonchev–Trinajstić information content (AvgIpc) is 3.16. The second kappa shape index (κ2) is 6.61. The number of carboxylic acids is 1. The van der Waals surface area contributed by atoms with Gasteiger partial charge in [0.1, 0.15) is 12.0 Å². The highest BCUT2D eigenvalue weighted by Gasteiger charge is 2.44. The molecule has 2 aliphatic heterocycles. The lowest BCUT2D eigenvalue weighted by Gasteiger charge is -2.24. The molecule has 8 heteroatoms. The van der Waals surface area contributed by atoms with E-state index in [1.807, 2.05) is 0 Å². The molecule has 2 fully saturated rings. The average molecular weight is 371 g/mol. The van der Waals surface area contributed by atoms with Crippen molar-refractivity contribution in [2.75, 3.05) is 18.0 Å². The van der Waals surface area contributed by atoms with Crippen LogP contribution in [0.3, 0.4) is 0 Å². The SMILES string of the molecule is O=C(O)[C@@H]1CCCN1C(=O)C1CCN(c2cc(Cl)ccc2Cl)C1=O. The highest BCUT2D eigenvalue weighted by molar-refractivity contribution is 6.36.